The van der Waals surface area contributed by atoms with Gasteiger partial charge in [0.05, 0.1) is 32.8 Å². The number of carbonyl (C=O) groups is 1. The SMILES string of the molecule is CCOc1cc2occ(-c3ccc(OC)c(OC)c3)c2cc1/C(C)=C/C(=O)Nc1cc(F)ccc1F. The lowest BCUT2D eigenvalue weighted by Gasteiger charge is -2.12. The Balaban J connectivity index is 1.75. The van der Waals surface area contributed by atoms with Crippen molar-refractivity contribution >= 4 is 28.1 Å². The largest absolute Gasteiger partial charge is 0.493 e. The first kappa shape index (κ1) is 24.8. The number of fused-ring (bicyclic) bond motifs is 1. The van der Waals surface area contributed by atoms with Crippen LogP contribution >= 0.6 is 0 Å². The van der Waals surface area contributed by atoms with Gasteiger partial charge in [-0.1, -0.05) is 6.07 Å². The predicted molar refractivity (Wildman–Crippen MR) is 135 cm³/mol. The van der Waals surface area contributed by atoms with Crippen molar-refractivity contribution in [2.45, 2.75) is 13.8 Å². The van der Waals surface area contributed by atoms with Gasteiger partial charge in [0.2, 0.25) is 5.91 Å². The van der Waals surface area contributed by atoms with Crippen molar-refractivity contribution in [1.82, 2.24) is 0 Å². The molecule has 1 amide bonds. The van der Waals surface area contributed by atoms with E-state index in [-0.39, 0.29) is 5.69 Å². The standard InChI is InChI=1S/C28H25F2NO5/c1-5-35-25-14-26-20(21(15-36-26)17-6-9-24(33-3)27(11-17)34-4)13-19(25)16(2)10-28(32)31-23-12-18(29)7-8-22(23)30/h6-15H,5H2,1-4H3,(H,31,32)/b16-10+. The number of hydrogen-bond donors (Lipinski definition) is 1. The van der Waals surface area contributed by atoms with Gasteiger partial charge in [-0.25, -0.2) is 8.78 Å². The molecule has 0 radical (unpaired) electrons. The van der Waals surface area contributed by atoms with Crippen LogP contribution in [-0.2, 0) is 4.79 Å². The highest BCUT2D eigenvalue weighted by Gasteiger charge is 2.17. The van der Waals surface area contributed by atoms with Gasteiger partial charge in [-0.15, -0.1) is 0 Å². The van der Waals surface area contributed by atoms with Gasteiger partial charge < -0.3 is 23.9 Å². The van der Waals surface area contributed by atoms with Crippen LogP contribution in [0.2, 0.25) is 0 Å². The summed E-state index contributed by atoms with van der Waals surface area (Å²) in [5.74, 6) is -0.284. The molecule has 0 aliphatic heterocycles. The average Bonchev–Trinajstić information content (AvgIpc) is 3.28. The highest BCUT2D eigenvalue weighted by Crippen LogP contribution is 2.40. The third-order valence-electron chi connectivity index (χ3n) is 5.63. The summed E-state index contributed by atoms with van der Waals surface area (Å²) in [5.41, 5.74) is 3.24. The minimum Gasteiger partial charge on any atom is -0.493 e. The molecule has 0 bridgehead atoms. The Hall–Kier alpha value is -4.33. The number of allylic oxidation sites excluding steroid dienone is 1. The molecule has 1 aromatic heterocycles. The summed E-state index contributed by atoms with van der Waals surface area (Å²) in [5, 5.41) is 3.18. The van der Waals surface area contributed by atoms with E-state index >= 15 is 0 Å². The number of halogens is 2. The second-order valence-electron chi connectivity index (χ2n) is 7.94. The van der Waals surface area contributed by atoms with Crippen molar-refractivity contribution in [3.8, 4) is 28.4 Å². The second kappa shape index (κ2) is 10.5. The van der Waals surface area contributed by atoms with Gasteiger partial charge in [-0.2, -0.15) is 0 Å². The first-order valence-electron chi connectivity index (χ1n) is 11.2. The van der Waals surface area contributed by atoms with E-state index in [1.54, 1.807) is 33.5 Å². The van der Waals surface area contributed by atoms with Crippen LogP contribution in [0.1, 0.15) is 19.4 Å². The van der Waals surface area contributed by atoms with Gasteiger partial charge in [0.15, 0.2) is 11.5 Å². The molecular formula is C28H25F2NO5. The molecule has 6 nitrogen and oxygen atoms in total. The molecule has 0 aliphatic carbocycles. The smallest absolute Gasteiger partial charge is 0.248 e. The van der Waals surface area contributed by atoms with Gasteiger partial charge in [0.1, 0.15) is 23.0 Å². The van der Waals surface area contributed by atoms with Crippen LogP contribution in [0.3, 0.4) is 0 Å². The Labute approximate surface area is 207 Å². The zero-order chi connectivity index (χ0) is 25.8. The van der Waals surface area contributed by atoms with Crippen LogP contribution < -0.4 is 19.5 Å². The number of methoxy groups -OCH3 is 2. The topological polar surface area (TPSA) is 69.9 Å². The summed E-state index contributed by atoms with van der Waals surface area (Å²) >= 11 is 0. The maximum atomic E-state index is 14.0. The Bertz CT molecular complexity index is 1460. The van der Waals surface area contributed by atoms with E-state index in [1.165, 1.54) is 6.08 Å². The third-order valence-corrected chi connectivity index (χ3v) is 5.63. The normalized spacial score (nSPS) is 11.4. The molecule has 0 saturated carbocycles. The highest BCUT2D eigenvalue weighted by molar-refractivity contribution is 6.05. The van der Waals surface area contributed by atoms with Gasteiger partial charge in [0, 0.05) is 34.7 Å². The molecule has 4 aromatic rings. The van der Waals surface area contributed by atoms with Crippen LogP contribution in [0.25, 0.3) is 27.7 Å². The van der Waals surface area contributed by atoms with Crippen molar-refractivity contribution in [2.75, 3.05) is 26.1 Å². The molecule has 3 aromatic carbocycles. The van der Waals surface area contributed by atoms with E-state index < -0.39 is 17.5 Å². The Morgan fingerprint density at radius 3 is 2.50 bits per heavy atom. The molecule has 1 N–H and O–H groups in total. The maximum absolute atomic E-state index is 14.0. The summed E-state index contributed by atoms with van der Waals surface area (Å²) in [6, 6.07) is 12.1. The number of furan rings is 1. The van der Waals surface area contributed by atoms with Gasteiger partial charge in [0.25, 0.3) is 0 Å². The minimum atomic E-state index is -0.731. The number of carbonyl (C=O) groups excluding carboxylic acids is 1. The zero-order valence-electron chi connectivity index (χ0n) is 20.3. The van der Waals surface area contributed by atoms with E-state index in [0.29, 0.717) is 40.6 Å². The number of benzene rings is 3. The highest BCUT2D eigenvalue weighted by atomic mass is 19.1. The van der Waals surface area contributed by atoms with Crippen molar-refractivity contribution in [2.24, 2.45) is 0 Å². The number of anilines is 1. The molecule has 0 saturated heterocycles. The number of rotatable bonds is 8. The monoisotopic (exact) mass is 493 g/mol. The van der Waals surface area contributed by atoms with Crippen LogP contribution in [-0.4, -0.2) is 26.7 Å². The van der Waals surface area contributed by atoms with E-state index in [9.17, 15) is 13.6 Å². The molecule has 36 heavy (non-hydrogen) atoms. The zero-order valence-corrected chi connectivity index (χ0v) is 20.3. The molecule has 0 fully saturated rings. The fourth-order valence-corrected chi connectivity index (χ4v) is 3.90. The number of ether oxygens (including phenoxy) is 3. The van der Waals surface area contributed by atoms with Gasteiger partial charge in [-0.05, 0) is 55.3 Å². The summed E-state index contributed by atoms with van der Waals surface area (Å²) in [6.45, 7) is 3.99. The molecule has 8 heteroatoms. The number of nitrogens with one attached hydrogen (secondary N) is 1. The summed E-state index contributed by atoms with van der Waals surface area (Å²) in [7, 11) is 3.14. The summed E-state index contributed by atoms with van der Waals surface area (Å²) in [6.07, 6.45) is 2.95. The molecule has 0 atom stereocenters. The predicted octanol–water partition coefficient (Wildman–Crippen LogP) is 6.84. The van der Waals surface area contributed by atoms with Crippen LogP contribution in [0.4, 0.5) is 14.5 Å². The van der Waals surface area contributed by atoms with Crippen LogP contribution in [0, 0.1) is 11.6 Å². The molecule has 186 valence electrons. The number of hydrogen-bond acceptors (Lipinski definition) is 5. The van der Waals surface area contributed by atoms with Crippen molar-refractivity contribution in [3.05, 3.63) is 78.1 Å². The van der Waals surface area contributed by atoms with Crippen molar-refractivity contribution < 1.29 is 32.2 Å². The maximum Gasteiger partial charge on any atom is 0.248 e. The molecular weight excluding hydrogens is 468 g/mol. The molecule has 0 aliphatic rings. The average molecular weight is 494 g/mol. The quantitative estimate of drug-likeness (QED) is 0.272. The van der Waals surface area contributed by atoms with Crippen LogP contribution in [0.5, 0.6) is 17.2 Å². The van der Waals surface area contributed by atoms with Crippen molar-refractivity contribution in [3.63, 3.8) is 0 Å². The number of amides is 1. The lowest BCUT2D eigenvalue weighted by Crippen LogP contribution is -2.10. The fraction of sp³-hybridized carbons (Fsp3) is 0.179. The van der Waals surface area contributed by atoms with Gasteiger partial charge >= 0.3 is 0 Å². The van der Waals surface area contributed by atoms with E-state index in [4.69, 9.17) is 18.6 Å². The molecule has 1 heterocycles. The van der Waals surface area contributed by atoms with E-state index in [0.717, 1.165) is 34.7 Å². The first-order valence-corrected chi connectivity index (χ1v) is 11.2. The fourth-order valence-electron chi connectivity index (χ4n) is 3.90. The Morgan fingerprint density at radius 1 is 1.00 bits per heavy atom. The van der Waals surface area contributed by atoms with E-state index in [2.05, 4.69) is 5.32 Å². The lowest BCUT2D eigenvalue weighted by atomic mass is 9.99. The Kier molecular flexibility index (Phi) is 7.24. The lowest BCUT2D eigenvalue weighted by molar-refractivity contribution is -0.111. The summed E-state index contributed by atoms with van der Waals surface area (Å²) < 4.78 is 49.8. The Morgan fingerprint density at radius 2 is 1.78 bits per heavy atom. The third kappa shape index (κ3) is 5.02. The van der Waals surface area contributed by atoms with Crippen molar-refractivity contribution in [1.29, 1.82) is 0 Å². The summed E-state index contributed by atoms with van der Waals surface area (Å²) in [4.78, 5) is 12.6. The minimum absolute atomic E-state index is 0.241. The first-order chi connectivity index (χ1) is 17.3. The van der Waals surface area contributed by atoms with Gasteiger partial charge in [-0.3, -0.25) is 4.79 Å². The second-order valence-corrected chi connectivity index (χ2v) is 7.94. The molecule has 0 unspecified atom stereocenters. The van der Waals surface area contributed by atoms with E-state index in [1.807, 2.05) is 31.2 Å². The van der Waals surface area contributed by atoms with Crippen LogP contribution in [0.15, 0.2) is 65.3 Å². The molecule has 0 spiro atoms. The molecule has 4 rings (SSSR count).